The summed E-state index contributed by atoms with van der Waals surface area (Å²) in [4.78, 5) is 4.86. The van der Waals surface area contributed by atoms with Gasteiger partial charge in [0.2, 0.25) is 11.8 Å². The van der Waals surface area contributed by atoms with Crippen LogP contribution < -0.4 is 0 Å². The zero-order chi connectivity index (χ0) is 16.8. The molecule has 1 atom stereocenters. The van der Waals surface area contributed by atoms with Gasteiger partial charge in [-0.15, -0.1) is 10.2 Å². The van der Waals surface area contributed by atoms with Crippen molar-refractivity contribution in [3.8, 4) is 11.5 Å². The van der Waals surface area contributed by atoms with Gasteiger partial charge < -0.3 is 9.15 Å². The topological polar surface area (TPSA) is 54.6 Å². The maximum absolute atomic E-state index is 5.82. The average molecular weight is 330 g/mol. The smallest absolute Gasteiger partial charge is 0.247 e. The highest BCUT2D eigenvalue weighted by molar-refractivity contribution is 5.51. The normalized spacial score (nSPS) is 19.7. The van der Waals surface area contributed by atoms with Crippen molar-refractivity contribution in [2.24, 2.45) is 0 Å². The zero-order valence-corrected chi connectivity index (χ0v) is 14.5. The van der Waals surface area contributed by atoms with E-state index in [1.54, 1.807) is 0 Å². The van der Waals surface area contributed by atoms with Gasteiger partial charge in [0.25, 0.3) is 0 Å². The van der Waals surface area contributed by atoms with E-state index in [1.807, 2.05) is 37.3 Å². The number of aromatic nitrogens is 2. The maximum atomic E-state index is 5.82. The number of nitrogens with zero attached hydrogens (tertiary/aromatic N) is 4. The molecular weight excluding hydrogens is 304 g/mol. The van der Waals surface area contributed by atoms with Crippen LogP contribution in [0.4, 0.5) is 0 Å². The van der Waals surface area contributed by atoms with Gasteiger partial charge >= 0.3 is 0 Å². The van der Waals surface area contributed by atoms with E-state index in [4.69, 9.17) is 9.15 Å². The Morgan fingerprint density at radius 2 is 2.04 bits per heavy atom. The second kappa shape index (κ2) is 8.37. The summed E-state index contributed by atoms with van der Waals surface area (Å²) < 4.78 is 11.3. The van der Waals surface area contributed by atoms with E-state index in [1.165, 1.54) is 0 Å². The highest BCUT2D eigenvalue weighted by Crippen LogP contribution is 2.18. The SMILES string of the molecule is CCOCCN1CCN(Cc2nnc(-c3ccccc3)o2)C[C@H]1C. The molecule has 1 aliphatic heterocycles. The largest absolute Gasteiger partial charge is 0.419 e. The molecule has 0 spiro atoms. The van der Waals surface area contributed by atoms with Gasteiger partial charge in [-0.1, -0.05) is 18.2 Å². The molecule has 0 amide bonds. The molecular formula is C18H26N4O2. The Morgan fingerprint density at radius 1 is 1.21 bits per heavy atom. The van der Waals surface area contributed by atoms with Gasteiger partial charge in [0.05, 0.1) is 13.2 Å². The van der Waals surface area contributed by atoms with Crippen LogP contribution in [0.1, 0.15) is 19.7 Å². The van der Waals surface area contributed by atoms with Crippen LogP contribution in [0, 0.1) is 0 Å². The van der Waals surface area contributed by atoms with E-state index in [0.717, 1.165) is 45.0 Å². The fourth-order valence-corrected chi connectivity index (χ4v) is 3.08. The van der Waals surface area contributed by atoms with Gasteiger partial charge in [-0.3, -0.25) is 9.80 Å². The first-order chi connectivity index (χ1) is 11.8. The minimum absolute atomic E-state index is 0.510. The van der Waals surface area contributed by atoms with Gasteiger partial charge in [0.1, 0.15) is 0 Å². The standard InChI is InChI=1S/C18H26N4O2/c1-3-23-12-11-22-10-9-21(13-15(22)2)14-17-19-20-18(24-17)16-7-5-4-6-8-16/h4-8,15H,3,9-14H2,1-2H3/t15-/m1/s1. The van der Waals surface area contributed by atoms with Gasteiger partial charge in [0.15, 0.2) is 0 Å². The Hall–Kier alpha value is -1.76. The van der Waals surface area contributed by atoms with Crippen molar-refractivity contribution < 1.29 is 9.15 Å². The summed E-state index contributed by atoms with van der Waals surface area (Å²) in [7, 11) is 0. The molecule has 130 valence electrons. The lowest BCUT2D eigenvalue weighted by molar-refractivity contribution is 0.0437. The summed E-state index contributed by atoms with van der Waals surface area (Å²) in [5, 5.41) is 8.36. The molecule has 3 rings (SSSR count). The third-order valence-electron chi connectivity index (χ3n) is 4.42. The van der Waals surface area contributed by atoms with Crippen LogP contribution >= 0.6 is 0 Å². The van der Waals surface area contributed by atoms with Crippen molar-refractivity contribution >= 4 is 0 Å². The molecule has 0 unspecified atom stereocenters. The molecule has 24 heavy (non-hydrogen) atoms. The van der Waals surface area contributed by atoms with Gasteiger partial charge in [0, 0.05) is 44.4 Å². The monoisotopic (exact) mass is 330 g/mol. The van der Waals surface area contributed by atoms with Crippen molar-refractivity contribution in [3.63, 3.8) is 0 Å². The summed E-state index contributed by atoms with van der Waals surface area (Å²) in [6.45, 7) is 10.7. The van der Waals surface area contributed by atoms with Crippen LogP contribution in [0.2, 0.25) is 0 Å². The summed E-state index contributed by atoms with van der Waals surface area (Å²) in [5.74, 6) is 1.28. The van der Waals surface area contributed by atoms with E-state index < -0.39 is 0 Å². The minimum atomic E-state index is 0.510. The number of hydrogen-bond acceptors (Lipinski definition) is 6. The number of rotatable bonds is 7. The minimum Gasteiger partial charge on any atom is -0.419 e. The fraction of sp³-hybridized carbons (Fsp3) is 0.556. The van der Waals surface area contributed by atoms with Crippen molar-refractivity contribution in [2.45, 2.75) is 26.4 Å². The Bertz CT molecular complexity index is 616. The predicted octanol–water partition coefficient (Wildman–Crippen LogP) is 2.28. The van der Waals surface area contributed by atoms with E-state index in [-0.39, 0.29) is 0 Å². The van der Waals surface area contributed by atoms with E-state index >= 15 is 0 Å². The Morgan fingerprint density at radius 3 is 2.79 bits per heavy atom. The van der Waals surface area contributed by atoms with Crippen molar-refractivity contribution in [2.75, 3.05) is 39.4 Å². The molecule has 2 heterocycles. The van der Waals surface area contributed by atoms with Crippen molar-refractivity contribution in [1.29, 1.82) is 0 Å². The Kier molecular flexibility index (Phi) is 5.96. The predicted molar refractivity (Wildman–Crippen MR) is 92.5 cm³/mol. The first kappa shape index (κ1) is 17.1. The molecule has 0 radical (unpaired) electrons. The molecule has 0 bridgehead atoms. The number of ether oxygens (including phenoxy) is 1. The van der Waals surface area contributed by atoms with Gasteiger partial charge in [-0.05, 0) is 26.0 Å². The fourth-order valence-electron chi connectivity index (χ4n) is 3.08. The van der Waals surface area contributed by atoms with Crippen LogP contribution in [0.15, 0.2) is 34.7 Å². The van der Waals surface area contributed by atoms with E-state index in [9.17, 15) is 0 Å². The second-order valence-corrected chi connectivity index (χ2v) is 6.18. The molecule has 1 aliphatic rings. The molecule has 6 nitrogen and oxygen atoms in total. The highest BCUT2D eigenvalue weighted by Gasteiger charge is 2.24. The lowest BCUT2D eigenvalue weighted by atomic mass is 10.2. The molecule has 2 aromatic rings. The number of benzene rings is 1. The van der Waals surface area contributed by atoms with E-state index in [0.29, 0.717) is 24.4 Å². The maximum Gasteiger partial charge on any atom is 0.247 e. The van der Waals surface area contributed by atoms with Crippen molar-refractivity contribution in [3.05, 3.63) is 36.2 Å². The Balaban J connectivity index is 1.52. The van der Waals surface area contributed by atoms with Crippen molar-refractivity contribution in [1.82, 2.24) is 20.0 Å². The number of piperazine rings is 1. The molecule has 0 saturated carbocycles. The molecule has 0 aliphatic carbocycles. The lowest BCUT2D eigenvalue weighted by Crippen LogP contribution is -2.52. The third kappa shape index (κ3) is 4.41. The van der Waals surface area contributed by atoms with Gasteiger partial charge in [-0.25, -0.2) is 0 Å². The van der Waals surface area contributed by atoms with Crippen LogP contribution in [0.5, 0.6) is 0 Å². The first-order valence-electron chi connectivity index (χ1n) is 8.68. The molecule has 1 saturated heterocycles. The molecule has 1 aromatic heterocycles. The quantitative estimate of drug-likeness (QED) is 0.726. The van der Waals surface area contributed by atoms with Gasteiger partial charge in [-0.2, -0.15) is 0 Å². The molecule has 1 aromatic carbocycles. The number of hydrogen-bond donors (Lipinski definition) is 0. The van der Waals surface area contributed by atoms with Crippen LogP contribution in [-0.4, -0.2) is 65.4 Å². The summed E-state index contributed by atoms with van der Waals surface area (Å²) >= 11 is 0. The molecule has 0 N–H and O–H groups in total. The van der Waals surface area contributed by atoms with Crippen LogP contribution in [0.3, 0.4) is 0 Å². The zero-order valence-electron chi connectivity index (χ0n) is 14.5. The van der Waals surface area contributed by atoms with Crippen LogP contribution in [0.25, 0.3) is 11.5 Å². The summed E-state index contributed by atoms with van der Waals surface area (Å²) in [6, 6.07) is 10.4. The highest BCUT2D eigenvalue weighted by atomic mass is 16.5. The summed E-state index contributed by atoms with van der Waals surface area (Å²) in [6.07, 6.45) is 0. The van der Waals surface area contributed by atoms with E-state index in [2.05, 4.69) is 26.9 Å². The molecule has 6 heteroatoms. The first-order valence-corrected chi connectivity index (χ1v) is 8.68. The lowest BCUT2D eigenvalue weighted by Gasteiger charge is -2.39. The summed E-state index contributed by atoms with van der Waals surface area (Å²) in [5.41, 5.74) is 0.963. The second-order valence-electron chi connectivity index (χ2n) is 6.18. The molecule has 1 fully saturated rings. The average Bonchev–Trinajstić information content (AvgIpc) is 3.06. The van der Waals surface area contributed by atoms with Crippen LogP contribution in [-0.2, 0) is 11.3 Å². The third-order valence-corrected chi connectivity index (χ3v) is 4.42. The Labute approximate surface area is 143 Å².